The molecule has 0 aliphatic carbocycles. The van der Waals surface area contributed by atoms with Gasteiger partial charge in [0.2, 0.25) is 5.91 Å². The fourth-order valence-electron chi connectivity index (χ4n) is 3.85. The van der Waals surface area contributed by atoms with Gasteiger partial charge in [-0.2, -0.15) is 5.10 Å². The van der Waals surface area contributed by atoms with Crippen LogP contribution in [0, 0.1) is 6.92 Å². The average molecular weight is 414 g/mol. The van der Waals surface area contributed by atoms with Crippen molar-refractivity contribution in [3.63, 3.8) is 0 Å². The number of aromatic nitrogens is 2. The lowest BCUT2D eigenvalue weighted by atomic mass is 9.85. The van der Waals surface area contributed by atoms with Gasteiger partial charge in [0.15, 0.2) is 9.84 Å². The lowest BCUT2D eigenvalue weighted by Crippen LogP contribution is -2.26. The molecule has 2 atom stereocenters. The van der Waals surface area contributed by atoms with Crippen LogP contribution in [0.5, 0.6) is 0 Å². The molecule has 0 saturated carbocycles. The van der Waals surface area contributed by atoms with E-state index in [4.69, 9.17) is 23.2 Å². The van der Waals surface area contributed by atoms with Gasteiger partial charge in [0.05, 0.1) is 23.2 Å². The van der Waals surface area contributed by atoms with Gasteiger partial charge in [-0.15, -0.1) is 0 Å². The number of nitrogens with one attached hydrogen (secondary N) is 1. The first-order chi connectivity index (χ1) is 12.2. The number of rotatable bonds is 2. The summed E-state index contributed by atoms with van der Waals surface area (Å²) in [7, 11) is -3.06. The molecule has 26 heavy (non-hydrogen) atoms. The lowest BCUT2D eigenvalue weighted by molar-refractivity contribution is -0.116. The molecule has 1 amide bonds. The molecular weight excluding hydrogens is 397 g/mol. The van der Waals surface area contributed by atoms with Crippen molar-refractivity contribution in [3.8, 4) is 0 Å². The summed E-state index contributed by atoms with van der Waals surface area (Å²) in [6.45, 7) is 1.87. The van der Waals surface area contributed by atoms with E-state index in [1.54, 1.807) is 16.8 Å². The largest absolute Gasteiger partial charge is 0.311 e. The van der Waals surface area contributed by atoms with Gasteiger partial charge in [0, 0.05) is 27.9 Å². The van der Waals surface area contributed by atoms with Crippen LogP contribution in [0.15, 0.2) is 18.2 Å². The highest BCUT2D eigenvalue weighted by molar-refractivity contribution is 7.91. The van der Waals surface area contributed by atoms with E-state index in [1.165, 1.54) is 0 Å². The fraction of sp³-hybridized carbons (Fsp3) is 0.412. The molecule has 1 fully saturated rings. The molecular formula is C17H17Cl2N3O3S. The van der Waals surface area contributed by atoms with Gasteiger partial charge in [-0.05, 0) is 31.0 Å². The molecule has 1 N–H and O–H groups in total. The van der Waals surface area contributed by atoms with E-state index < -0.39 is 9.84 Å². The third kappa shape index (κ3) is 3.02. The molecule has 1 aromatic carbocycles. The van der Waals surface area contributed by atoms with Crippen LogP contribution in [0.3, 0.4) is 0 Å². The van der Waals surface area contributed by atoms with Gasteiger partial charge in [0.1, 0.15) is 5.82 Å². The molecule has 9 heteroatoms. The zero-order valence-electron chi connectivity index (χ0n) is 14.0. The highest BCUT2D eigenvalue weighted by Crippen LogP contribution is 2.43. The smallest absolute Gasteiger partial charge is 0.226 e. The summed E-state index contributed by atoms with van der Waals surface area (Å²) in [4.78, 5) is 12.4. The molecule has 0 spiro atoms. The molecule has 2 aromatic rings. The standard InChI is InChI=1S/C17H17Cl2N3O3S/c1-9-16-13(12-3-2-10(18)6-14(12)19)7-15(23)20-17(16)22(21-9)11-4-5-26(24,25)8-11/h2-3,6,11,13H,4-5,7-8H2,1H3,(H,20,23)/t11-,13+/m0/s1. The maximum Gasteiger partial charge on any atom is 0.226 e. The van der Waals surface area contributed by atoms with Crippen LogP contribution in [0.1, 0.15) is 41.6 Å². The van der Waals surface area contributed by atoms with Crippen molar-refractivity contribution in [1.82, 2.24) is 9.78 Å². The van der Waals surface area contributed by atoms with Crippen LogP contribution >= 0.6 is 23.2 Å². The first-order valence-electron chi connectivity index (χ1n) is 8.29. The number of fused-ring (bicyclic) bond motifs is 1. The van der Waals surface area contributed by atoms with Crippen molar-refractivity contribution < 1.29 is 13.2 Å². The van der Waals surface area contributed by atoms with Crippen molar-refractivity contribution in [2.75, 3.05) is 16.8 Å². The molecule has 1 saturated heterocycles. The average Bonchev–Trinajstić information content (AvgIpc) is 3.06. The first-order valence-corrected chi connectivity index (χ1v) is 10.9. The SMILES string of the molecule is Cc1nn([C@H]2CCS(=O)(=O)C2)c2c1[C@@H](c1ccc(Cl)cc1Cl)CC(=O)N2. The van der Waals surface area contributed by atoms with Crippen molar-refractivity contribution >= 4 is 44.8 Å². The number of benzene rings is 1. The van der Waals surface area contributed by atoms with Gasteiger partial charge in [-0.25, -0.2) is 13.1 Å². The van der Waals surface area contributed by atoms with E-state index in [0.29, 0.717) is 22.3 Å². The molecule has 0 bridgehead atoms. The predicted molar refractivity (Wildman–Crippen MR) is 101 cm³/mol. The molecule has 1 aromatic heterocycles. The van der Waals surface area contributed by atoms with Crippen LogP contribution in [-0.2, 0) is 14.6 Å². The Kier molecular flexibility index (Phi) is 4.28. The van der Waals surface area contributed by atoms with Crippen LogP contribution in [0.4, 0.5) is 5.82 Å². The Labute approximate surface area is 161 Å². The number of carbonyl (C=O) groups is 1. The number of sulfone groups is 1. The Balaban J connectivity index is 1.82. The highest BCUT2D eigenvalue weighted by Gasteiger charge is 2.37. The number of hydrogen-bond acceptors (Lipinski definition) is 4. The third-order valence-electron chi connectivity index (χ3n) is 5.02. The molecule has 4 rings (SSSR count). The predicted octanol–water partition coefficient (Wildman–Crippen LogP) is 3.33. The lowest BCUT2D eigenvalue weighted by Gasteiger charge is -2.26. The Bertz CT molecular complexity index is 1020. The summed E-state index contributed by atoms with van der Waals surface area (Å²) < 4.78 is 25.4. The fourth-order valence-corrected chi connectivity index (χ4v) is 6.09. The number of amides is 1. The zero-order valence-corrected chi connectivity index (χ0v) is 16.3. The number of anilines is 1. The summed E-state index contributed by atoms with van der Waals surface area (Å²) in [6.07, 6.45) is 0.752. The van der Waals surface area contributed by atoms with Crippen LogP contribution < -0.4 is 5.32 Å². The van der Waals surface area contributed by atoms with E-state index >= 15 is 0 Å². The number of nitrogens with zero attached hydrogens (tertiary/aromatic N) is 2. The Morgan fingerprint density at radius 1 is 1.31 bits per heavy atom. The minimum Gasteiger partial charge on any atom is -0.311 e. The summed E-state index contributed by atoms with van der Waals surface area (Å²) in [5, 5.41) is 8.48. The number of hydrogen-bond donors (Lipinski definition) is 1. The first kappa shape index (κ1) is 17.8. The monoisotopic (exact) mass is 413 g/mol. The number of carbonyl (C=O) groups excluding carboxylic acids is 1. The van der Waals surface area contributed by atoms with Gasteiger partial charge in [-0.3, -0.25) is 4.79 Å². The normalized spacial score (nSPS) is 24.3. The van der Waals surface area contributed by atoms with E-state index in [1.807, 2.05) is 13.0 Å². The van der Waals surface area contributed by atoms with E-state index in [0.717, 1.165) is 16.8 Å². The quantitative estimate of drug-likeness (QED) is 0.818. The Morgan fingerprint density at radius 3 is 2.73 bits per heavy atom. The van der Waals surface area contributed by atoms with Crippen LogP contribution in [-0.4, -0.2) is 35.6 Å². The molecule has 0 radical (unpaired) electrons. The second kappa shape index (κ2) is 6.25. The Hall–Kier alpha value is -1.57. The summed E-state index contributed by atoms with van der Waals surface area (Å²) in [5.74, 6) is 0.386. The molecule has 2 aliphatic rings. The van der Waals surface area contributed by atoms with Crippen LogP contribution in [0.2, 0.25) is 10.0 Å². The number of aryl methyl sites for hydroxylation is 1. The minimum atomic E-state index is -3.06. The summed E-state index contributed by atoms with van der Waals surface area (Å²) in [6, 6.07) is 4.97. The molecule has 138 valence electrons. The maximum atomic E-state index is 12.4. The zero-order chi connectivity index (χ0) is 18.6. The minimum absolute atomic E-state index is 0.0444. The topological polar surface area (TPSA) is 81.1 Å². The molecule has 3 heterocycles. The van der Waals surface area contributed by atoms with Gasteiger partial charge in [0.25, 0.3) is 0 Å². The second-order valence-electron chi connectivity index (χ2n) is 6.82. The second-order valence-corrected chi connectivity index (χ2v) is 9.89. The highest BCUT2D eigenvalue weighted by atomic mass is 35.5. The summed E-state index contributed by atoms with van der Waals surface area (Å²) in [5.41, 5.74) is 2.47. The summed E-state index contributed by atoms with van der Waals surface area (Å²) >= 11 is 12.4. The van der Waals surface area contributed by atoms with E-state index in [9.17, 15) is 13.2 Å². The van der Waals surface area contributed by atoms with E-state index in [-0.39, 0.29) is 35.8 Å². The van der Waals surface area contributed by atoms with Crippen molar-refractivity contribution in [2.45, 2.75) is 31.7 Å². The van der Waals surface area contributed by atoms with Crippen molar-refractivity contribution in [1.29, 1.82) is 0 Å². The number of halogens is 2. The molecule has 0 unspecified atom stereocenters. The van der Waals surface area contributed by atoms with Crippen molar-refractivity contribution in [3.05, 3.63) is 45.1 Å². The maximum absolute atomic E-state index is 12.4. The van der Waals surface area contributed by atoms with Crippen molar-refractivity contribution in [2.24, 2.45) is 0 Å². The molecule has 6 nitrogen and oxygen atoms in total. The van der Waals surface area contributed by atoms with Gasteiger partial charge >= 0.3 is 0 Å². The van der Waals surface area contributed by atoms with Gasteiger partial charge in [-0.1, -0.05) is 29.3 Å². The Morgan fingerprint density at radius 2 is 2.08 bits per heavy atom. The molecule has 2 aliphatic heterocycles. The van der Waals surface area contributed by atoms with Gasteiger partial charge < -0.3 is 5.32 Å². The van der Waals surface area contributed by atoms with Crippen LogP contribution in [0.25, 0.3) is 0 Å². The third-order valence-corrected chi connectivity index (χ3v) is 7.33. The van der Waals surface area contributed by atoms with E-state index in [2.05, 4.69) is 10.4 Å².